The van der Waals surface area contributed by atoms with E-state index in [4.69, 9.17) is 0 Å². The molecule has 0 amide bonds. The molecule has 1 heterocycles. The SMILES string of the molecule is CN(C)CC(O)CNCC1CCCS1. The maximum atomic E-state index is 9.58. The Morgan fingerprint density at radius 1 is 1.57 bits per heavy atom. The van der Waals surface area contributed by atoms with Crippen molar-refractivity contribution in [2.24, 2.45) is 0 Å². The molecule has 0 aromatic carbocycles. The van der Waals surface area contributed by atoms with Gasteiger partial charge in [-0.3, -0.25) is 0 Å². The number of nitrogens with one attached hydrogen (secondary N) is 1. The molecule has 2 atom stereocenters. The number of thioether (sulfide) groups is 1. The highest BCUT2D eigenvalue weighted by Crippen LogP contribution is 2.25. The largest absolute Gasteiger partial charge is 0.390 e. The highest BCUT2D eigenvalue weighted by molar-refractivity contribution is 8.00. The Labute approximate surface area is 91.2 Å². The van der Waals surface area contributed by atoms with E-state index in [0.29, 0.717) is 0 Å². The number of hydrogen-bond donors (Lipinski definition) is 2. The zero-order valence-corrected chi connectivity index (χ0v) is 10.0. The fourth-order valence-electron chi connectivity index (χ4n) is 1.70. The quantitative estimate of drug-likeness (QED) is 0.676. The van der Waals surface area contributed by atoms with Crippen molar-refractivity contribution in [3.05, 3.63) is 0 Å². The van der Waals surface area contributed by atoms with E-state index in [0.717, 1.165) is 24.9 Å². The van der Waals surface area contributed by atoms with Gasteiger partial charge in [0.25, 0.3) is 0 Å². The number of likely N-dealkylation sites (N-methyl/N-ethyl adjacent to an activating group) is 1. The predicted molar refractivity (Wildman–Crippen MR) is 62.9 cm³/mol. The Morgan fingerprint density at radius 2 is 2.36 bits per heavy atom. The van der Waals surface area contributed by atoms with Gasteiger partial charge in [-0.15, -0.1) is 0 Å². The van der Waals surface area contributed by atoms with Gasteiger partial charge >= 0.3 is 0 Å². The average Bonchev–Trinajstić information content (AvgIpc) is 2.55. The van der Waals surface area contributed by atoms with Crippen LogP contribution in [0.4, 0.5) is 0 Å². The summed E-state index contributed by atoms with van der Waals surface area (Å²) in [5.41, 5.74) is 0. The van der Waals surface area contributed by atoms with Crippen molar-refractivity contribution in [2.45, 2.75) is 24.2 Å². The van der Waals surface area contributed by atoms with Gasteiger partial charge in [0.1, 0.15) is 0 Å². The third-order valence-electron chi connectivity index (χ3n) is 2.35. The van der Waals surface area contributed by atoms with Gasteiger partial charge in [-0.05, 0) is 32.7 Å². The molecule has 0 saturated carbocycles. The molecule has 2 N–H and O–H groups in total. The molecule has 0 spiro atoms. The normalized spacial score (nSPS) is 24.4. The standard InChI is InChI=1S/C10H22N2OS/c1-12(2)8-9(13)6-11-7-10-4-3-5-14-10/h9-11,13H,3-8H2,1-2H3. The molecule has 1 aliphatic rings. The van der Waals surface area contributed by atoms with Crippen LogP contribution in [-0.2, 0) is 0 Å². The van der Waals surface area contributed by atoms with E-state index in [1.54, 1.807) is 0 Å². The summed E-state index contributed by atoms with van der Waals surface area (Å²) in [4.78, 5) is 2.01. The monoisotopic (exact) mass is 218 g/mol. The zero-order chi connectivity index (χ0) is 10.4. The topological polar surface area (TPSA) is 35.5 Å². The third-order valence-corrected chi connectivity index (χ3v) is 3.75. The van der Waals surface area contributed by atoms with E-state index in [-0.39, 0.29) is 6.10 Å². The lowest BCUT2D eigenvalue weighted by molar-refractivity contribution is 0.135. The van der Waals surface area contributed by atoms with Gasteiger partial charge < -0.3 is 15.3 Å². The molecule has 0 aromatic heterocycles. The smallest absolute Gasteiger partial charge is 0.0791 e. The van der Waals surface area contributed by atoms with Crippen molar-refractivity contribution in [3.8, 4) is 0 Å². The van der Waals surface area contributed by atoms with Crippen LogP contribution in [0, 0.1) is 0 Å². The van der Waals surface area contributed by atoms with Gasteiger partial charge in [-0.2, -0.15) is 11.8 Å². The van der Waals surface area contributed by atoms with Gasteiger partial charge in [0.05, 0.1) is 6.10 Å². The summed E-state index contributed by atoms with van der Waals surface area (Å²) in [6.45, 7) is 2.51. The van der Waals surface area contributed by atoms with Gasteiger partial charge in [-0.25, -0.2) is 0 Å². The van der Waals surface area contributed by atoms with E-state index in [1.807, 2.05) is 19.0 Å². The van der Waals surface area contributed by atoms with Crippen molar-refractivity contribution < 1.29 is 5.11 Å². The molecule has 1 fully saturated rings. The number of aliphatic hydroxyl groups excluding tert-OH is 1. The third kappa shape index (κ3) is 5.20. The second kappa shape index (κ2) is 6.67. The van der Waals surface area contributed by atoms with Crippen LogP contribution in [0.1, 0.15) is 12.8 Å². The van der Waals surface area contributed by atoms with Crippen LogP contribution in [0.2, 0.25) is 0 Å². The van der Waals surface area contributed by atoms with Gasteiger partial charge in [-0.1, -0.05) is 0 Å². The van der Waals surface area contributed by atoms with Crippen molar-refractivity contribution >= 4 is 11.8 Å². The molecule has 1 rings (SSSR count). The molecule has 84 valence electrons. The lowest BCUT2D eigenvalue weighted by atomic mass is 10.2. The van der Waals surface area contributed by atoms with Gasteiger partial charge in [0.2, 0.25) is 0 Å². The number of nitrogens with zero attached hydrogens (tertiary/aromatic N) is 1. The first-order valence-electron chi connectivity index (χ1n) is 5.33. The average molecular weight is 218 g/mol. The number of hydrogen-bond acceptors (Lipinski definition) is 4. The first-order valence-corrected chi connectivity index (χ1v) is 6.38. The van der Waals surface area contributed by atoms with Crippen LogP contribution in [0.25, 0.3) is 0 Å². The summed E-state index contributed by atoms with van der Waals surface area (Å²) in [5.74, 6) is 1.31. The molecule has 4 heteroatoms. The molecule has 14 heavy (non-hydrogen) atoms. The second-order valence-electron chi connectivity index (χ2n) is 4.21. The van der Waals surface area contributed by atoms with E-state index in [9.17, 15) is 5.11 Å². The first kappa shape index (κ1) is 12.3. The van der Waals surface area contributed by atoms with E-state index >= 15 is 0 Å². The fourth-order valence-corrected chi connectivity index (χ4v) is 2.94. The predicted octanol–water partition coefficient (Wildman–Crippen LogP) is 0.394. The van der Waals surface area contributed by atoms with Crippen LogP contribution in [0.5, 0.6) is 0 Å². The Kier molecular flexibility index (Phi) is 5.86. The molecule has 3 nitrogen and oxygen atoms in total. The lowest BCUT2D eigenvalue weighted by Crippen LogP contribution is -2.37. The van der Waals surface area contributed by atoms with Crippen LogP contribution in [0.15, 0.2) is 0 Å². The maximum Gasteiger partial charge on any atom is 0.0791 e. The minimum absolute atomic E-state index is 0.239. The Morgan fingerprint density at radius 3 is 2.93 bits per heavy atom. The van der Waals surface area contributed by atoms with Crippen molar-refractivity contribution in [2.75, 3.05) is 39.5 Å². The molecule has 1 saturated heterocycles. The van der Waals surface area contributed by atoms with E-state index < -0.39 is 0 Å². The minimum atomic E-state index is -0.239. The maximum absolute atomic E-state index is 9.58. The van der Waals surface area contributed by atoms with Crippen LogP contribution in [-0.4, -0.2) is 60.8 Å². The molecule has 0 bridgehead atoms. The van der Waals surface area contributed by atoms with E-state index in [2.05, 4.69) is 17.1 Å². The molecule has 1 aliphatic heterocycles. The summed E-state index contributed by atoms with van der Waals surface area (Å²) in [5, 5.41) is 13.7. The van der Waals surface area contributed by atoms with Crippen molar-refractivity contribution in [3.63, 3.8) is 0 Å². The minimum Gasteiger partial charge on any atom is -0.390 e. The second-order valence-corrected chi connectivity index (χ2v) is 5.62. The van der Waals surface area contributed by atoms with E-state index in [1.165, 1.54) is 18.6 Å². The molecular formula is C10H22N2OS. The molecular weight excluding hydrogens is 196 g/mol. The van der Waals surface area contributed by atoms with Crippen LogP contribution >= 0.6 is 11.8 Å². The van der Waals surface area contributed by atoms with Gasteiger partial charge in [0.15, 0.2) is 0 Å². The Hall–Kier alpha value is 0.230. The van der Waals surface area contributed by atoms with Crippen molar-refractivity contribution in [1.82, 2.24) is 10.2 Å². The summed E-state index contributed by atoms with van der Waals surface area (Å²) in [7, 11) is 3.96. The summed E-state index contributed by atoms with van der Waals surface area (Å²) in [6, 6.07) is 0. The molecule has 0 radical (unpaired) electrons. The first-order chi connectivity index (χ1) is 6.68. The Balaban J connectivity index is 1.96. The summed E-state index contributed by atoms with van der Waals surface area (Å²) in [6.07, 6.45) is 2.45. The fraction of sp³-hybridized carbons (Fsp3) is 1.00. The highest BCUT2D eigenvalue weighted by Gasteiger charge is 2.15. The van der Waals surface area contributed by atoms with Gasteiger partial charge in [0, 0.05) is 24.9 Å². The molecule has 2 unspecified atom stereocenters. The lowest BCUT2D eigenvalue weighted by Gasteiger charge is -2.17. The number of rotatable bonds is 6. The zero-order valence-electron chi connectivity index (χ0n) is 9.20. The molecule has 0 aliphatic carbocycles. The summed E-state index contributed by atoms with van der Waals surface area (Å²) < 4.78 is 0. The van der Waals surface area contributed by atoms with Crippen molar-refractivity contribution in [1.29, 1.82) is 0 Å². The van der Waals surface area contributed by atoms with Crippen LogP contribution < -0.4 is 5.32 Å². The highest BCUT2D eigenvalue weighted by atomic mass is 32.2. The molecule has 0 aromatic rings. The Bertz CT molecular complexity index is 149. The number of aliphatic hydroxyl groups is 1. The summed E-state index contributed by atoms with van der Waals surface area (Å²) >= 11 is 2.05. The van der Waals surface area contributed by atoms with Crippen LogP contribution in [0.3, 0.4) is 0 Å².